The number of aryl methyl sites for hydroxylation is 1. The van der Waals surface area contributed by atoms with Crippen LogP contribution in [0.15, 0.2) is 42.7 Å². The molecule has 0 saturated carbocycles. The van der Waals surface area contributed by atoms with E-state index in [0.717, 1.165) is 30.0 Å². The highest BCUT2D eigenvalue weighted by Gasteiger charge is 2.13. The Labute approximate surface area is 123 Å². The van der Waals surface area contributed by atoms with E-state index in [-0.39, 0.29) is 12.7 Å². The number of carbonyl (C=O) groups is 1. The molecule has 21 heavy (non-hydrogen) atoms. The topological polar surface area (TPSA) is 52.5 Å². The molecule has 2 heterocycles. The second-order valence-corrected chi connectivity index (χ2v) is 4.99. The first-order chi connectivity index (χ1) is 10.3. The Kier molecular flexibility index (Phi) is 4.09. The normalized spacial score (nSPS) is 12.4. The van der Waals surface area contributed by atoms with Crippen LogP contribution >= 0.6 is 0 Å². The number of hydrogen-bond donors (Lipinski definition) is 1. The number of rotatable bonds is 6. The summed E-state index contributed by atoms with van der Waals surface area (Å²) in [5.74, 6) is 1.57. The molecule has 5 heteroatoms. The second kappa shape index (κ2) is 6.35. The number of carbonyl (C=O) groups excluding carboxylic acids is 1. The summed E-state index contributed by atoms with van der Waals surface area (Å²) in [5, 5.41) is 2.93. The molecule has 1 aromatic carbocycles. The molecule has 1 amide bonds. The van der Waals surface area contributed by atoms with Gasteiger partial charge in [-0.2, -0.15) is 0 Å². The molecule has 0 aliphatic carbocycles. The summed E-state index contributed by atoms with van der Waals surface area (Å²) in [6.07, 6.45) is 5.37. The van der Waals surface area contributed by atoms with Gasteiger partial charge in [-0.3, -0.25) is 4.79 Å². The lowest BCUT2D eigenvalue weighted by Crippen LogP contribution is -2.22. The van der Waals surface area contributed by atoms with Crippen molar-refractivity contribution in [1.29, 1.82) is 0 Å². The van der Waals surface area contributed by atoms with Crippen molar-refractivity contribution in [3.8, 4) is 11.5 Å². The van der Waals surface area contributed by atoms with Crippen molar-refractivity contribution >= 4 is 5.91 Å². The Morgan fingerprint density at radius 2 is 2.00 bits per heavy atom. The monoisotopic (exact) mass is 286 g/mol. The number of fused-ring (bicyclic) bond motifs is 1. The summed E-state index contributed by atoms with van der Waals surface area (Å²) in [7, 11) is 0. The van der Waals surface area contributed by atoms with E-state index in [2.05, 4.69) is 9.88 Å². The molecule has 0 atom stereocenters. The summed E-state index contributed by atoms with van der Waals surface area (Å²) < 4.78 is 12.6. The van der Waals surface area contributed by atoms with Gasteiger partial charge in [0.25, 0.3) is 0 Å². The van der Waals surface area contributed by atoms with Crippen molar-refractivity contribution in [1.82, 2.24) is 9.88 Å². The fraction of sp³-hybridized carbons (Fsp3) is 0.312. The fourth-order valence-electron chi connectivity index (χ4n) is 2.28. The van der Waals surface area contributed by atoms with Crippen molar-refractivity contribution in [3.05, 3.63) is 48.3 Å². The third-order valence-corrected chi connectivity index (χ3v) is 3.41. The number of nitrogens with zero attached hydrogens (tertiary/aromatic N) is 1. The van der Waals surface area contributed by atoms with Crippen molar-refractivity contribution in [2.45, 2.75) is 25.9 Å². The van der Waals surface area contributed by atoms with Crippen LogP contribution in [0.4, 0.5) is 0 Å². The first-order valence-corrected chi connectivity index (χ1v) is 7.07. The van der Waals surface area contributed by atoms with Crippen molar-refractivity contribution in [3.63, 3.8) is 0 Å². The number of amides is 1. The van der Waals surface area contributed by atoms with E-state index in [0.29, 0.717) is 13.0 Å². The average molecular weight is 286 g/mol. The number of nitrogens with one attached hydrogen (secondary N) is 1. The number of ether oxygens (including phenoxy) is 2. The fourth-order valence-corrected chi connectivity index (χ4v) is 2.28. The highest BCUT2D eigenvalue weighted by atomic mass is 16.7. The molecule has 0 saturated heterocycles. The van der Waals surface area contributed by atoms with E-state index in [1.54, 1.807) is 0 Å². The quantitative estimate of drug-likeness (QED) is 0.886. The minimum absolute atomic E-state index is 0.0693. The smallest absolute Gasteiger partial charge is 0.231 e. The van der Waals surface area contributed by atoms with E-state index >= 15 is 0 Å². The van der Waals surface area contributed by atoms with Gasteiger partial charge < -0.3 is 19.4 Å². The standard InChI is InChI=1S/C16H18N2O3/c19-16(4-3-9-18-7-1-2-8-18)17-11-13-5-6-14-15(10-13)21-12-20-14/h1-2,5-8,10H,3-4,9,11-12H2,(H,17,19). The first-order valence-electron chi connectivity index (χ1n) is 7.07. The van der Waals surface area contributed by atoms with Crippen LogP contribution in [-0.4, -0.2) is 17.3 Å². The van der Waals surface area contributed by atoms with Gasteiger partial charge in [0, 0.05) is 31.9 Å². The van der Waals surface area contributed by atoms with Gasteiger partial charge in [0.05, 0.1) is 0 Å². The maximum Gasteiger partial charge on any atom is 0.231 e. The van der Waals surface area contributed by atoms with E-state index in [1.807, 2.05) is 42.7 Å². The van der Waals surface area contributed by atoms with Gasteiger partial charge in [0.1, 0.15) is 0 Å². The van der Waals surface area contributed by atoms with E-state index in [4.69, 9.17) is 9.47 Å². The molecule has 0 radical (unpaired) electrons. The van der Waals surface area contributed by atoms with Crippen molar-refractivity contribution in [2.75, 3.05) is 6.79 Å². The third kappa shape index (κ3) is 3.56. The molecule has 2 aromatic rings. The summed E-state index contributed by atoms with van der Waals surface area (Å²) in [4.78, 5) is 11.8. The van der Waals surface area contributed by atoms with E-state index in [9.17, 15) is 4.79 Å². The van der Waals surface area contributed by atoms with Crippen LogP contribution in [0.5, 0.6) is 11.5 Å². The van der Waals surface area contributed by atoms with Crippen LogP contribution in [0.1, 0.15) is 18.4 Å². The molecular weight excluding hydrogens is 268 g/mol. The predicted molar refractivity (Wildman–Crippen MR) is 78.1 cm³/mol. The van der Waals surface area contributed by atoms with Crippen LogP contribution in [-0.2, 0) is 17.9 Å². The van der Waals surface area contributed by atoms with E-state index < -0.39 is 0 Å². The number of aromatic nitrogens is 1. The highest BCUT2D eigenvalue weighted by Crippen LogP contribution is 2.32. The van der Waals surface area contributed by atoms with Gasteiger partial charge >= 0.3 is 0 Å². The molecule has 5 nitrogen and oxygen atoms in total. The van der Waals surface area contributed by atoms with Gasteiger partial charge in [-0.25, -0.2) is 0 Å². The van der Waals surface area contributed by atoms with Gasteiger partial charge in [-0.05, 0) is 36.2 Å². The van der Waals surface area contributed by atoms with Gasteiger partial charge in [-0.15, -0.1) is 0 Å². The first kappa shape index (κ1) is 13.5. The molecule has 1 aliphatic heterocycles. The molecule has 1 N–H and O–H groups in total. The zero-order chi connectivity index (χ0) is 14.5. The second-order valence-electron chi connectivity index (χ2n) is 4.99. The minimum atomic E-state index is 0.0693. The van der Waals surface area contributed by atoms with Gasteiger partial charge in [0.15, 0.2) is 11.5 Å². The van der Waals surface area contributed by atoms with Gasteiger partial charge in [0.2, 0.25) is 12.7 Å². The van der Waals surface area contributed by atoms with Crippen molar-refractivity contribution in [2.24, 2.45) is 0 Å². The van der Waals surface area contributed by atoms with E-state index in [1.165, 1.54) is 0 Å². The SMILES string of the molecule is O=C(CCCn1cccc1)NCc1ccc2c(c1)OCO2. The molecule has 0 bridgehead atoms. The molecule has 3 rings (SSSR count). The summed E-state index contributed by atoms with van der Waals surface area (Å²) in [6, 6.07) is 9.69. The van der Waals surface area contributed by atoms with Crippen molar-refractivity contribution < 1.29 is 14.3 Å². The summed E-state index contributed by atoms with van der Waals surface area (Å²) in [5.41, 5.74) is 1.01. The lowest BCUT2D eigenvalue weighted by atomic mass is 10.2. The molecule has 0 fully saturated rings. The Morgan fingerprint density at radius 1 is 1.19 bits per heavy atom. The number of benzene rings is 1. The average Bonchev–Trinajstić information content (AvgIpc) is 3.15. The van der Waals surface area contributed by atoms with Crippen LogP contribution < -0.4 is 14.8 Å². The third-order valence-electron chi connectivity index (χ3n) is 3.41. The molecule has 0 spiro atoms. The Morgan fingerprint density at radius 3 is 2.86 bits per heavy atom. The zero-order valence-corrected chi connectivity index (χ0v) is 11.7. The Hall–Kier alpha value is -2.43. The molecule has 0 unspecified atom stereocenters. The van der Waals surface area contributed by atoms with Gasteiger partial charge in [-0.1, -0.05) is 6.07 Å². The lowest BCUT2D eigenvalue weighted by molar-refractivity contribution is -0.121. The molecule has 1 aromatic heterocycles. The van der Waals surface area contributed by atoms with Crippen LogP contribution in [0.25, 0.3) is 0 Å². The predicted octanol–water partition coefficient (Wildman–Crippen LogP) is 2.31. The molecular formula is C16H18N2O3. The number of hydrogen-bond acceptors (Lipinski definition) is 3. The maximum absolute atomic E-state index is 11.8. The minimum Gasteiger partial charge on any atom is -0.454 e. The van der Waals surface area contributed by atoms with Crippen LogP contribution in [0.2, 0.25) is 0 Å². The molecule has 1 aliphatic rings. The summed E-state index contributed by atoms with van der Waals surface area (Å²) in [6.45, 7) is 1.65. The largest absolute Gasteiger partial charge is 0.454 e. The Balaban J connectivity index is 1.41. The summed E-state index contributed by atoms with van der Waals surface area (Å²) >= 11 is 0. The maximum atomic E-state index is 11.8. The van der Waals surface area contributed by atoms with Crippen LogP contribution in [0.3, 0.4) is 0 Å². The zero-order valence-electron chi connectivity index (χ0n) is 11.7. The highest BCUT2D eigenvalue weighted by molar-refractivity contribution is 5.75. The lowest BCUT2D eigenvalue weighted by Gasteiger charge is -2.07. The van der Waals surface area contributed by atoms with Crippen LogP contribution in [0, 0.1) is 0 Å². The Bertz CT molecular complexity index is 608. The molecule has 110 valence electrons.